The summed E-state index contributed by atoms with van der Waals surface area (Å²) in [6.07, 6.45) is 0.538. The Balaban J connectivity index is 2.87. The number of aliphatic hydroxyl groups is 1. The Labute approximate surface area is 77.7 Å². The van der Waals surface area contributed by atoms with Crippen LogP contribution in [0.15, 0.2) is 0 Å². The average molecular weight is 189 g/mol. The highest BCUT2D eigenvalue weighted by molar-refractivity contribution is 7.80. The molecule has 5 heteroatoms. The normalized spacial score (nSPS) is 34.8. The van der Waals surface area contributed by atoms with Gasteiger partial charge in [-0.2, -0.15) is 0 Å². The first kappa shape index (κ1) is 9.70. The first-order valence-electron chi connectivity index (χ1n) is 3.84. The van der Waals surface area contributed by atoms with E-state index in [1.807, 2.05) is 13.8 Å². The Morgan fingerprint density at radius 1 is 1.58 bits per heavy atom. The number of thiocarbonyl (C=S) groups is 1. The van der Waals surface area contributed by atoms with Crippen LogP contribution >= 0.6 is 12.2 Å². The Kier molecular flexibility index (Phi) is 2.06. The number of hydrogen-bond donors (Lipinski definition) is 3. The number of nitrogens with one attached hydrogen (secondary N) is 1. The first-order chi connectivity index (χ1) is 5.25. The van der Waals surface area contributed by atoms with Crippen molar-refractivity contribution in [2.45, 2.75) is 38.5 Å². The maximum Gasteiger partial charge on any atom is 0.186 e. The van der Waals surface area contributed by atoms with E-state index in [0.717, 1.165) is 0 Å². The summed E-state index contributed by atoms with van der Waals surface area (Å²) in [4.78, 5) is 0. The number of rotatable bonds is 0. The summed E-state index contributed by atoms with van der Waals surface area (Å²) in [5.74, 6) is 5.56. The molecular weight excluding hydrogens is 174 g/mol. The number of nitrogens with zero attached hydrogens (tertiary/aromatic N) is 1. The standard InChI is InChI=1S/C7H15N3OS/c1-6(2)4-7(3,11)10(8)5(12)9-6/h11H,4,8H2,1-3H3,(H,9,12). The van der Waals surface area contributed by atoms with Crippen LogP contribution in [0.5, 0.6) is 0 Å². The minimum Gasteiger partial charge on any atom is -0.370 e. The number of nitrogens with two attached hydrogens (primary N) is 1. The van der Waals surface area contributed by atoms with Crippen molar-refractivity contribution in [3.63, 3.8) is 0 Å². The molecule has 1 rings (SSSR count). The molecule has 0 aliphatic carbocycles. The van der Waals surface area contributed by atoms with Crippen LogP contribution in [0.3, 0.4) is 0 Å². The van der Waals surface area contributed by atoms with Gasteiger partial charge in [0.2, 0.25) is 0 Å². The van der Waals surface area contributed by atoms with Crippen LogP contribution in [0, 0.1) is 0 Å². The lowest BCUT2D eigenvalue weighted by atomic mass is 9.91. The molecule has 4 nitrogen and oxygen atoms in total. The third-order valence-corrected chi connectivity index (χ3v) is 2.26. The molecule has 1 unspecified atom stereocenters. The molecule has 1 saturated heterocycles. The highest BCUT2D eigenvalue weighted by atomic mass is 32.1. The predicted octanol–water partition coefficient (Wildman–Crippen LogP) is -0.0726. The molecule has 4 N–H and O–H groups in total. The van der Waals surface area contributed by atoms with Crippen molar-refractivity contribution in [1.29, 1.82) is 0 Å². The van der Waals surface area contributed by atoms with Crippen molar-refractivity contribution in [2.75, 3.05) is 0 Å². The van der Waals surface area contributed by atoms with Crippen molar-refractivity contribution in [1.82, 2.24) is 10.3 Å². The van der Waals surface area contributed by atoms with Crippen molar-refractivity contribution < 1.29 is 5.11 Å². The Morgan fingerprint density at radius 2 is 2.08 bits per heavy atom. The molecule has 1 heterocycles. The maximum absolute atomic E-state index is 9.82. The summed E-state index contributed by atoms with van der Waals surface area (Å²) < 4.78 is 0. The molecule has 0 aromatic carbocycles. The maximum atomic E-state index is 9.82. The van der Waals surface area contributed by atoms with Gasteiger partial charge in [-0.1, -0.05) is 0 Å². The van der Waals surface area contributed by atoms with Gasteiger partial charge in [0.05, 0.1) is 0 Å². The zero-order valence-electron chi connectivity index (χ0n) is 7.59. The molecule has 70 valence electrons. The first-order valence-corrected chi connectivity index (χ1v) is 4.25. The lowest BCUT2D eigenvalue weighted by Crippen LogP contribution is -2.68. The van der Waals surface area contributed by atoms with E-state index in [1.165, 1.54) is 5.01 Å². The van der Waals surface area contributed by atoms with Crippen LogP contribution in [0.2, 0.25) is 0 Å². The molecule has 0 aromatic rings. The van der Waals surface area contributed by atoms with Gasteiger partial charge in [-0.3, -0.25) is 5.01 Å². The molecule has 12 heavy (non-hydrogen) atoms. The summed E-state index contributed by atoms with van der Waals surface area (Å²) in [7, 11) is 0. The second-order valence-electron chi connectivity index (χ2n) is 4.08. The molecular formula is C7H15N3OS. The highest BCUT2D eigenvalue weighted by Gasteiger charge is 2.41. The quantitative estimate of drug-likeness (QED) is 0.368. The molecule has 0 aromatic heterocycles. The Morgan fingerprint density at radius 3 is 2.50 bits per heavy atom. The minimum absolute atomic E-state index is 0.198. The van der Waals surface area contributed by atoms with Crippen molar-refractivity contribution >= 4 is 17.3 Å². The average Bonchev–Trinajstić information content (AvgIpc) is 1.79. The van der Waals surface area contributed by atoms with E-state index in [9.17, 15) is 5.11 Å². The summed E-state index contributed by atoms with van der Waals surface area (Å²) >= 11 is 4.96. The molecule has 0 saturated carbocycles. The Hall–Kier alpha value is -0.390. The Bertz CT molecular complexity index is 215. The van der Waals surface area contributed by atoms with Crippen LogP contribution in [-0.2, 0) is 0 Å². The highest BCUT2D eigenvalue weighted by Crippen LogP contribution is 2.26. The zero-order chi connectivity index (χ0) is 9.57. The smallest absolute Gasteiger partial charge is 0.186 e. The summed E-state index contributed by atoms with van der Waals surface area (Å²) in [6, 6.07) is 0. The molecule has 0 spiro atoms. The van der Waals surface area contributed by atoms with Crippen LogP contribution in [-0.4, -0.2) is 26.5 Å². The molecule has 0 radical (unpaired) electrons. The summed E-state index contributed by atoms with van der Waals surface area (Å²) in [5.41, 5.74) is -1.25. The lowest BCUT2D eigenvalue weighted by Gasteiger charge is -2.47. The second kappa shape index (κ2) is 2.55. The van der Waals surface area contributed by atoms with Gasteiger partial charge in [0, 0.05) is 12.0 Å². The van der Waals surface area contributed by atoms with Gasteiger partial charge in [0.15, 0.2) is 10.8 Å². The topological polar surface area (TPSA) is 61.5 Å². The summed E-state index contributed by atoms with van der Waals surface area (Å²) in [6.45, 7) is 5.60. The van der Waals surface area contributed by atoms with Gasteiger partial charge in [-0.05, 0) is 33.0 Å². The third kappa shape index (κ3) is 1.68. The van der Waals surface area contributed by atoms with Gasteiger partial charge in [-0.15, -0.1) is 0 Å². The van der Waals surface area contributed by atoms with Gasteiger partial charge >= 0.3 is 0 Å². The van der Waals surface area contributed by atoms with Crippen molar-refractivity contribution in [3.05, 3.63) is 0 Å². The van der Waals surface area contributed by atoms with E-state index in [0.29, 0.717) is 11.5 Å². The van der Waals surface area contributed by atoms with Crippen LogP contribution in [0.1, 0.15) is 27.2 Å². The van der Waals surface area contributed by atoms with Crippen LogP contribution in [0.4, 0.5) is 0 Å². The van der Waals surface area contributed by atoms with Crippen molar-refractivity contribution in [3.8, 4) is 0 Å². The molecule has 1 aliphatic rings. The fraction of sp³-hybridized carbons (Fsp3) is 0.857. The van der Waals surface area contributed by atoms with Crippen molar-refractivity contribution in [2.24, 2.45) is 5.84 Å². The van der Waals surface area contributed by atoms with E-state index in [1.54, 1.807) is 6.92 Å². The van der Waals surface area contributed by atoms with E-state index >= 15 is 0 Å². The third-order valence-electron chi connectivity index (χ3n) is 1.96. The van der Waals surface area contributed by atoms with E-state index < -0.39 is 5.72 Å². The number of hydrogen-bond acceptors (Lipinski definition) is 3. The minimum atomic E-state index is -1.05. The van der Waals surface area contributed by atoms with E-state index in [4.69, 9.17) is 18.1 Å². The molecule has 1 fully saturated rings. The zero-order valence-corrected chi connectivity index (χ0v) is 8.40. The lowest BCUT2D eigenvalue weighted by molar-refractivity contribution is -0.0892. The molecule has 1 atom stereocenters. The summed E-state index contributed by atoms with van der Waals surface area (Å²) in [5, 5.41) is 14.4. The fourth-order valence-electron chi connectivity index (χ4n) is 1.54. The SMILES string of the molecule is CC1(C)CC(C)(O)N(N)C(=S)N1. The monoisotopic (exact) mass is 189 g/mol. The van der Waals surface area contributed by atoms with Gasteiger partial charge in [0.25, 0.3) is 0 Å². The van der Waals surface area contributed by atoms with E-state index in [-0.39, 0.29) is 5.54 Å². The molecule has 0 amide bonds. The fourth-order valence-corrected chi connectivity index (χ4v) is 2.01. The number of hydrazine groups is 1. The molecule has 1 aliphatic heterocycles. The van der Waals surface area contributed by atoms with Crippen LogP contribution in [0.25, 0.3) is 0 Å². The van der Waals surface area contributed by atoms with Gasteiger partial charge < -0.3 is 10.4 Å². The molecule has 0 bridgehead atoms. The van der Waals surface area contributed by atoms with Gasteiger partial charge in [-0.25, -0.2) is 5.84 Å². The predicted molar refractivity (Wildman–Crippen MR) is 51.1 cm³/mol. The second-order valence-corrected chi connectivity index (χ2v) is 4.46. The van der Waals surface area contributed by atoms with E-state index in [2.05, 4.69) is 5.32 Å². The largest absolute Gasteiger partial charge is 0.370 e. The van der Waals surface area contributed by atoms with Crippen LogP contribution < -0.4 is 11.2 Å². The van der Waals surface area contributed by atoms with Gasteiger partial charge in [0.1, 0.15) is 0 Å².